The van der Waals surface area contributed by atoms with Gasteiger partial charge in [-0.25, -0.2) is 9.78 Å². The highest BCUT2D eigenvalue weighted by Gasteiger charge is 2.38. The van der Waals surface area contributed by atoms with E-state index in [0.29, 0.717) is 16.3 Å². The molecule has 0 aromatic carbocycles. The standard InChI is InChI=1S/C22H20N4O3S2/c1-4-28-22(27)19-16(11-31-21-14(9-23)12(2)8-13(3)26-21)29-20(25)15(10-24)18(19)17-6-5-7-30-17/h5-8,18H,4,11,25H2,1-3H3/t18-/m1/s1. The first-order valence-corrected chi connectivity index (χ1v) is 11.3. The van der Waals surface area contributed by atoms with Crippen molar-refractivity contribution in [2.75, 3.05) is 12.4 Å². The molecule has 3 heterocycles. The molecule has 3 rings (SSSR count). The summed E-state index contributed by atoms with van der Waals surface area (Å²) in [5, 5.41) is 21.6. The smallest absolute Gasteiger partial charge is 0.338 e. The van der Waals surface area contributed by atoms with Gasteiger partial charge in [-0.3, -0.25) is 0 Å². The lowest BCUT2D eigenvalue weighted by atomic mass is 9.87. The lowest BCUT2D eigenvalue weighted by molar-refractivity contribution is -0.139. The molecule has 1 aliphatic heterocycles. The summed E-state index contributed by atoms with van der Waals surface area (Å²) >= 11 is 2.69. The second-order valence-electron chi connectivity index (χ2n) is 6.66. The van der Waals surface area contributed by atoms with Gasteiger partial charge in [-0.1, -0.05) is 17.8 Å². The summed E-state index contributed by atoms with van der Waals surface area (Å²) in [6, 6.07) is 9.79. The number of allylic oxidation sites excluding steroid dienone is 1. The Kier molecular flexibility index (Phi) is 7.01. The molecule has 1 aliphatic rings. The van der Waals surface area contributed by atoms with Crippen LogP contribution in [0, 0.1) is 36.5 Å². The van der Waals surface area contributed by atoms with Crippen LogP contribution in [0.1, 0.15) is 34.5 Å². The van der Waals surface area contributed by atoms with E-state index in [1.807, 2.05) is 37.4 Å². The van der Waals surface area contributed by atoms with Crippen LogP contribution in [-0.2, 0) is 14.3 Å². The van der Waals surface area contributed by atoms with Gasteiger partial charge in [0.25, 0.3) is 0 Å². The lowest BCUT2D eigenvalue weighted by Gasteiger charge is -2.27. The van der Waals surface area contributed by atoms with Crippen molar-refractivity contribution in [2.45, 2.75) is 31.7 Å². The number of hydrogen-bond acceptors (Lipinski definition) is 9. The molecule has 7 nitrogen and oxygen atoms in total. The molecule has 31 heavy (non-hydrogen) atoms. The zero-order valence-electron chi connectivity index (χ0n) is 17.3. The van der Waals surface area contributed by atoms with Crippen LogP contribution >= 0.6 is 23.1 Å². The number of nitriles is 2. The van der Waals surface area contributed by atoms with Crippen molar-refractivity contribution in [1.29, 1.82) is 10.5 Å². The van der Waals surface area contributed by atoms with Gasteiger partial charge in [-0.15, -0.1) is 11.3 Å². The highest BCUT2D eigenvalue weighted by Crippen LogP contribution is 2.42. The number of hydrogen-bond donors (Lipinski definition) is 1. The van der Waals surface area contributed by atoms with Crippen LogP contribution in [0.3, 0.4) is 0 Å². The Bertz CT molecular complexity index is 1150. The second kappa shape index (κ2) is 9.69. The van der Waals surface area contributed by atoms with E-state index < -0.39 is 11.9 Å². The van der Waals surface area contributed by atoms with Gasteiger partial charge in [0, 0.05) is 10.6 Å². The van der Waals surface area contributed by atoms with Gasteiger partial charge in [0.15, 0.2) is 0 Å². The normalized spacial score (nSPS) is 15.8. The quantitative estimate of drug-likeness (QED) is 0.514. The van der Waals surface area contributed by atoms with Crippen LogP contribution in [0.15, 0.2) is 51.4 Å². The van der Waals surface area contributed by atoms with Crippen LogP contribution < -0.4 is 5.73 Å². The zero-order chi connectivity index (χ0) is 22.5. The van der Waals surface area contributed by atoms with E-state index in [1.165, 1.54) is 23.1 Å². The molecule has 2 aromatic rings. The summed E-state index contributed by atoms with van der Waals surface area (Å²) in [4.78, 5) is 18.2. The SMILES string of the molecule is CCOC(=O)C1=C(CSc2nc(C)cc(C)c2C#N)OC(N)=C(C#N)[C@@H]1c1cccs1. The van der Waals surface area contributed by atoms with E-state index in [9.17, 15) is 15.3 Å². The van der Waals surface area contributed by atoms with Crippen LogP contribution in [-0.4, -0.2) is 23.3 Å². The van der Waals surface area contributed by atoms with E-state index >= 15 is 0 Å². The van der Waals surface area contributed by atoms with Gasteiger partial charge in [-0.05, 0) is 43.8 Å². The molecular weight excluding hydrogens is 432 g/mol. The van der Waals surface area contributed by atoms with Crippen LogP contribution in [0.2, 0.25) is 0 Å². The molecule has 9 heteroatoms. The highest BCUT2D eigenvalue weighted by atomic mass is 32.2. The number of aryl methyl sites for hydroxylation is 2. The largest absolute Gasteiger partial charge is 0.463 e. The Morgan fingerprint density at radius 1 is 1.39 bits per heavy atom. The molecular formula is C22H20N4O3S2. The molecule has 0 aliphatic carbocycles. The minimum Gasteiger partial charge on any atom is -0.463 e. The van der Waals surface area contributed by atoms with Gasteiger partial charge in [-0.2, -0.15) is 10.5 Å². The van der Waals surface area contributed by atoms with Crippen molar-refractivity contribution in [3.63, 3.8) is 0 Å². The molecule has 2 aromatic heterocycles. The molecule has 1 atom stereocenters. The van der Waals surface area contributed by atoms with Crippen LogP contribution in [0.4, 0.5) is 0 Å². The van der Waals surface area contributed by atoms with Crippen LogP contribution in [0.25, 0.3) is 0 Å². The fourth-order valence-corrected chi connectivity index (χ4v) is 5.16. The van der Waals surface area contributed by atoms with E-state index in [0.717, 1.165) is 16.1 Å². The summed E-state index contributed by atoms with van der Waals surface area (Å²) in [6.45, 7) is 5.60. The van der Waals surface area contributed by atoms with E-state index in [-0.39, 0.29) is 29.4 Å². The number of nitrogens with two attached hydrogens (primary N) is 1. The van der Waals surface area contributed by atoms with Crippen LogP contribution in [0.5, 0.6) is 0 Å². The molecule has 158 valence electrons. The van der Waals surface area contributed by atoms with E-state index in [1.54, 1.807) is 6.92 Å². The number of thiophene rings is 1. The maximum atomic E-state index is 12.9. The molecule has 0 bridgehead atoms. The fraction of sp³-hybridized carbons (Fsp3) is 0.273. The third-order valence-corrected chi connectivity index (χ3v) is 6.50. The minimum atomic E-state index is -0.670. The predicted molar refractivity (Wildman–Crippen MR) is 118 cm³/mol. The van der Waals surface area contributed by atoms with Crippen molar-refractivity contribution in [1.82, 2.24) is 4.98 Å². The van der Waals surface area contributed by atoms with E-state index in [2.05, 4.69) is 17.1 Å². The number of rotatable bonds is 6. The minimum absolute atomic E-state index is 0.0431. The maximum absolute atomic E-state index is 12.9. The predicted octanol–water partition coefficient (Wildman–Crippen LogP) is 4.05. The molecule has 0 radical (unpaired) electrons. The molecule has 0 fully saturated rings. The van der Waals surface area contributed by atoms with E-state index in [4.69, 9.17) is 15.2 Å². The first kappa shape index (κ1) is 22.4. The van der Waals surface area contributed by atoms with Crippen molar-refractivity contribution in [3.8, 4) is 12.1 Å². The Morgan fingerprint density at radius 3 is 2.77 bits per heavy atom. The molecule has 0 amide bonds. The number of aromatic nitrogens is 1. The molecule has 0 spiro atoms. The molecule has 2 N–H and O–H groups in total. The molecule has 0 saturated heterocycles. The Hall–Kier alpha value is -3.27. The van der Waals surface area contributed by atoms with Gasteiger partial charge in [0.05, 0.1) is 29.4 Å². The van der Waals surface area contributed by atoms with Gasteiger partial charge in [0.2, 0.25) is 5.88 Å². The molecule has 0 unspecified atom stereocenters. The maximum Gasteiger partial charge on any atom is 0.338 e. The van der Waals surface area contributed by atoms with Crippen molar-refractivity contribution >= 4 is 29.1 Å². The zero-order valence-corrected chi connectivity index (χ0v) is 18.9. The summed E-state index contributed by atoms with van der Waals surface area (Å²) in [7, 11) is 0. The first-order chi connectivity index (χ1) is 14.9. The Morgan fingerprint density at radius 2 is 2.16 bits per heavy atom. The van der Waals surface area contributed by atoms with Gasteiger partial charge in [0.1, 0.15) is 28.5 Å². The average molecular weight is 453 g/mol. The number of carbonyl (C=O) groups is 1. The van der Waals surface area contributed by atoms with Crippen molar-refractivity contribution in [3.05, 3.63) is 68.1 Å². The second-order valence-corrected chi connectivity index (χ2v) is 8.60. The fourth-order valence-electron chi connectivity index (χ4n) is 3.27. The lowest BCUT2D eigenvalue weighted by Crippen LogP contribution is -2.26. The first-order valence-electron chi connectivity index (χ1n) is 9.43. The Balaban J connectivity index is 2.07. The summed E-state index contributed by atoms with van der Waals surface area (Å²) in [5.41, 5.74) is 8.55. The third-order valence-electron chi connectivity index (χ3n) is 4.58. The monoisotopic (exact) mass is 452 g/mol. The number of esters is 1. The number of ether oxygens (including phenoxy) is 2. The third kappa shape index (κ3) is 4.58. The number of carbonyl (C=O) groups excluding carboxylic acids is 1. The summed E-state index contributed by atoms with van der Waals surface area (Å²) in [6.07, 6.45) is 0. The summed E-state index contributed by atoms with van der Waals surface area (Å²) in [5.74, 6) is -0.789. The number of nitrogens with zero attached hydrogens (tertiary/aromatic N) is 3. The number of thioether (sulfide) groups is 1. The average Bonchev–Trinajstić information content (AvgIpc) is 3.26. The van der Waals surface area contributed by atoms with Crippen molar-refractivity contribution in [2.24, 2.45) is 5.73 Å². The molecule has 0 saturated carbocycles. The highest BCUT2D eigenvalue weighted by molar-refractivity contribution is 7.99. The van der Waals surface area contributed by atoms with Crippen molar-refractivity contribution < 1.29 is 14.3 Å². The topological polar surface area (TPSA) is 122 Å². The van der Waals surface area contributed by atoms with Gasteiger partial charge < -0.3 is 15.2 Å². The van der Waals surface area contributed by atoms with Gasteiger partial charge >= 0.3 is 5.97 Å². The Labute approximate surface area is 188 Å². The summed E-state index contributed by atoms with van der Waals surface area (Å²) < 4.78 is 11.0. The number of pyridine rings is 1.